The molecule has 1 saturated heterocycles. The van der Waals surface area contributed by atoms with Gasteiger partial charge in [-0.15, -0.1) is 0 Å². The smallest absolute Gasteiger partial charge is 0.231 e. The van der Waals surface area contributed by atoms with Crippen LogP contribution in [0, 0.1) is 0 Å². The van der Waals surface area contributed by atoms with Crippen LogP contribution in [0.5, 0.6) is 0 Å². The number of hydrogen-bond donors (Lipinski definition) is 3. The van der Waals surface area contributed by atoms with Gasteiger partial charge in [-0.1, -0.05) is 30.3 Å². The van der Waals surface area contributed by atoms with E-state index in [4.69, 9.17) is 15.0 Å². The largest absolute Gasteiger partial charge is 0.365 e. The van der Waals surface area contributed by atoms with Crippen molar-refractivity contribution < 1.29 is 0 Å². The molecule has 1 aliphatic heterocycles. The maximum Gasteiger partial charge on any atom is 0.231 e. The van der Waals surface area contributed by atoms with Crippen molar-refractivity contribution in [2.45, 2.75) is 37.8 Å². The molecular formula is C28H28N8. The third-order valence-electron chi connectivity index (χ3n) is 7.12. The quantitative estimate of drug-likeness (QED) is 0.307. The second-order valence-corrected chi connectivity index (χ2v) is 9.70. The predicted molar refractivity (Wildman–Crippen MR) is 144 cm³/mol. The van der Waals surface area contributed by atoms with Crippen LogP contribution in [0.15, 0.2) is 67.1 Å². The van der Waals surface area contributed by atoms with Gasteiger partial charge in [-0.3, -0.25) is 4.98 Å². The highest BCUT2D eigenvalue weighted by Crippen LogP contribution is 2.33. The van der Waals surface area contributed by atoms with E-state index in [9.17, 15) is 0 Å². The minimum atomic E-state index is 0.396. The number of rotatable bonds is 6. The van der Waals surface area contributed by atoms with Crippen LogP contribution in [0.3, 0.4) is 0 Å². The molecular weight excluding hydrogens is 448 g/mol. The molecule has 8 heteroatoms. The van der Waals surface area contributed by atoms with E-state index in [1.165, 1.54) is 18.4 Å². The SMILES string of the molecule is c1ccc(-c2ccnc3ccc(Nc4nc(NC5CC5)c5ncn(C6CCNCC6)c5n4)cc23)cc1. The van der Waals surface area contributed by atoms with Crippen molar-refractivity contribution >= 4 is 39.5 Å². The van der Waals surface area contributed by atoms with Gasteiger partial charge in [0.1, 0.15) is 0 Å². The highest BCUT2D eigenvalue weighted by atomic mass is 15.2. The molecule has 0 bridgehead atoms. The lowest BCUT2D eigenvalue weighted by Gasteiger charge is -2.24. The molecule has 0 radical (unpaired) electrons. The molecule has 180 valence electrons. The van der Waals surface area contributed by atoms with E-state index in [0.29, 0.717) is 18.0 Å². The normalized spacial score (nSPS) is 16.4. The number of imidazole rings is 1. The Hall–Kier alpha value is -4.04. The van der Waals surface area contributed by atoms with Crippen LogP contribution in [-0.4, -0.2) is 43.6 Å². The number of nitrogens with one attached hydrogen (secondary N) is 3. The Kier molecular flexibility index (Phi) is 5.24. The number of anilines is 3. The summed E-state index contributed by atoms with van der Waals surface area (Å²) in [7, 11) is 0. The molecule has 0 atom stereocenters. The van der Waals surface area contributed by atoms with Crippen LogP contribution in [-0.2, 0) is 0 Å². The molecule has 8 nitrogen and oxygen atoms in total. The van der Waals surface area contributed by atoms with Gasteiger partial charge in [0.25, 0.3) is 0 Å². The molecule has 0 unspecified atom stereocenters. The summed E-state index contributed by atoms with van der Waals surface area (Å²) in [5.41, 5.74) is 5.94. The van der Waals surface area contributed by atoms with Gasteiger partial charge < -0.3 is 20.5 Å². The van der Waals surface area contributed by atoms with Crippen molar-refractivity contribution in [2.75, 3.05) is 23.7 Å². The van der Waals surface area contributed by atoms with Crippen LogP contribution in [0.2, 0.25) is 0 Å². The van der Waals surface area contributed by atoms with E-state index in [1.54, 1.807) is 0 Å². The van der Waals surface area contributed by atoms with Gasteiger partial charge >= 0.3 is 0 Å². The fraction of sp³-hybridized carbons (Fsp3) is 0.286. The van der Waals surface area contributed by atoms with Crippen molar-refractivity contribution in [1.29, 1.82) is 0 Å². The fourth-order valence-corrected chi connectivity index (χ4v) is 5.07. The van der Waals surface area contributed by atoms with Crippen LogP contribution in [0.25, 0.3) is 33.2 Å². The van der Waals surface area contributed by atoms with Gasteiger partial charge in [-0.2, -0.15) is 9.97 Å². The van der Waals surface area contributed by atoms with Gasteiger partial charge in [-0.05, 0) is 74.2 Å². The zero-order valence-corrected chi connectivity index (χ0v) is 20.0. The Labute approximate surface area is 209 Å². The third-order valence-corrected chi connectivity index (χ3v) is 7.12. The summed E-state index contributed by atoms with van der Waals surface area (Å²) < 4.78 is 2.24. The first kappa shape index (κ1) is 21.3. The Morgan fingerprint density at radius 1 is 0.889 bits per heavy atom. The first-order valence-electron chi connectivity index (χ1n) is 12.7. The minimum Gasteiger partial charge on any atom is -0.365 e. The molecule has 2 aromatic carbocycles. The zero-order chi connectivity index (χ0) is 23.9. The lowest BCUT2D eigenvalue weighted by molar-refractivity contribution is 0.373. The highest BCUT2D eigenvalue weighted by Gasteiger charge is 2.25. The number of piperidine rings is 1. The van der Waals surface area contributed by atoms with E-state index in [0.717, 1.165) is 65.1 Å². The zero-order valence-electron chi connectivity index (χ0n) is 20.0. The van der Waals surface area contributed by atoms with Crippen LogP contribution < -0.4 is 16.0 Å². The summed E-state index contributed by atoms with van der Waals surface area (Å²) >= 11 is 0. The average Bonchev–Trinajstić information content (AvgIpc) is 3.64. The van der Waals surface area contributed by atoms with Crippen molar-refractivity contribution in [1.82, 2.24) is 29.8 Å². The third kappa shape index (κ3) is 4.03. The van der Waals surface area contributed by atoms with Gasteiger partial charge in [0.15, 0.2) is 17.0 Å². The maximum atomic E-state index is 4.96. The Morgan fingerprint density at radius 3 is 2.58 bits per heavy atom. The van der Waals surface area contributed by atoms with E-state index in [-0.39, 0.29) is 0 Å². The minimum absolute atomic E-state index is 0.396. The molecule has 7 rings (SSSR count). The van der Waals surface area contributed by atoms with Gasteiger partial charge in [0.2, 0.25) is 5.95 Å². The maximum absolute atomic E-state index is 4.96. The van der Waals surface area contributed by atoms with Gasteiger partial charge in [0.05, 0.1) is 11.8 Å². The molecule has 5 aromatic rings. The molecule has 4 heterocycles. The van der Waals surface area contributed by atoms with E-state index < -0.39 is 0 Å². The van der Waals surface area contributed by atoms with Gasteiger partial charge in [-0.25, -0.2) is 4.98 Å². The first-order chi connectivity index (χ1) is 17.8. The standard InChI is InChI=1S/C28H28N8/c1-2-4-18(5-3-1)22-12-15-30-24-9-8-20(16-23(22)24)33-28-34-26(32-19-6-7-19)25-27(35-28)36(17-31-25)21-10-13-29-14-11-21/h1-5,8-9,12,15-17,19,21,29H,6-7,10-11,13-14H2,(H2,32,33,34,35). The highest BCUT2D eigenvalue weighted by molar-refractivity contribution is 5.96. The predicted octanol–water partition coefficient (Wildman–Crippen LogP) is 5.28. The lowest BCUT2D eigenvalue weighted by atomic mass is 10.0. The van der Waals surface area contributed by atoms with Crippen LogP contribution in [0.1, 0.15) is 31.7 Å². The van der Waals surface area contributed by atoms with Crippen LogP contribution >= 0.6 is 0 Å². The first-order valence-corrected chi connectivity index (χ1v) is 12.7. The summed E-state index contributed by atoms with van der Waals surface area (Å²) in [5, 5.41) is 11.6. The summed E-state index contributed by atoms with van der Waals surface area (Å²) in [5.74, 6) is 1.39. The topological polar surface area (TPSA) is 92.6 Å². The summed E-state index contributed by atoms with van der Waals surface area (Å²) in [6, 6.07) is 19.6. The number of benzene rings is 2. The van der Waals surface area contributed by atoms with E-state index in [2.05, 4.69) is 61.9 Å². The number of aromatic nitrogens is 5. The van der Waals surface area contributed by atoms with Crippen molar-refractivity contribution in [3.63, 3.8) is 0 Å². The Morgan fingerprint density at radius 2 is 1.75 bits per heavy atom. The van der Waals surface area contributed by atoms with Crippen molar-refractivity contribution in [2.24, 2.45) is 0 Å². The molecule has 2 fully saturated rings. The van der Waals surface area contributed by atoms with Crippen molar-refractivity contribution in [3.8, 4) is 11.1 Å². The van der Waals surface area contributed by atoms with Crippen molar-refractivity contribution in [3.05, 3.63) is 67.1 Å². The fourth-order valence-electron chi connectivity index (χ4n) is 5.07. The number of hydrogen-bond acceptors (Lipinski definition) is 7. The molecule has 0 amide bonds. The molecule has 3 aromatic heterocycles. The number of fused-ring (bicyclic) bond motifs is 2. The van der Waals surface area contributed by atoms with Gasteiger partial charge in [0, 0.05) is 29.4 Å². The molecule has 0 spiro atoms. The molecule has 2 aliphatic rings. The second kappa shape index (κ2) is 8.87. The molecule has 3 N–H and O–H groups in total. The van der Waals surface area contributed by atoms with E-state index >= 15 is 0 Å². The summed E-state index contributed by atoms with van der Waals surface area (Å²) in [4.78, 5) is 19.1. The van der Waals surface area contributed by atoms with E-state index in [1.807, 2.05) is 30.7 Å². The molecule has 1 saturated carbocycles. The molecule has 1 aliphatic carbocycles. The molecule has 36 heavy (non-hydrogen) atoms. The Bertz CT molecular complexity index is 1530. The second-order valence-electron chi connectivity index (χ2n) is 9.70. The number of nitrogens with zero attached hydrogens (tertiary/aromatic N) is 5. The summed E-state index contributed by atoms with van der Waals surface area (Å²) in [6.45, 7) is 2.03. The van der Waals surface area contributed by atoms with Crippen LogP contribution in [0.4, 0.5) is 17.5 Å². The summed E-state index contributed by atoms with van der Waals surface area (Å²) in [6.07, 6.45) is 8.29. The Balaban J connectivity index is 1.29. The average molecular weight is 477 g/mol. The lowest BCUT2D eigenvalue weighted by Crippen LogP contribution is -2.29. The monoisotopic (exact) mass is 476 g/mol. The number of pyridine rings is 1.